The maximum Gasteiger partial charge on any atom is 0.274 e. The molecule has 154 valence electrons. The molecule has 6 heteroatoms. The van der Waals surface area contributed by atoms with E-state index in [4.69, 9.17) is 0 Å². The fraction of sp³-hybridized carbons (Fsp3) is 0.250. The van der Waals surface area contributed by atoms with Crippen LogP contribution in [0.5, 0.6) is 0 Å². The van der Waals surface area contributed by atoms with Gasteiger partial charge in [0.2, 0.25) is 5.91 Å². The van der Waals surface area contributed by atoms with Gasteiger partial charge in [-0.3, -0.25) is 14.6 Å². The monoisotopic (exact) mass is 402 g/mol. The molecule has 2 amide bonds. The number of hydrogen-bond donors (Lipinski definition) is 1. The Hall–Kier alpha value is -3.54. The van der Waals surface area contributed by atoms with Gasteiger partial charge in [0.1, 0.15) is 5.69 Å². The molecule has 0 bridgehead atoms. The van der Waals surface area contributed by atoms with Crippen LogP contribution >= 0.6 is 0 Å². The number of nitrogens with one attached hydrogen (secondary N) is 1. The van der Waals surface area contributed by atoms with Crippen LogP contribution in [0, 0.1) is 0 Å². The van der Waals surface area contributed by atoms with E-state index < -0.39 is 0 Å². The lowest BCUT2D eigenvalue weighted by atomic mass is 10.1. The van der Waals surface area contributed by atoms with Gasteiger partial charge in [0.05, 0.1) is 12.2 Å². The molecule has 1 N–H and O–H groups in total. The van der Waals surface area contributed by atoms with E-state index in [1.54, 1.807) is 4.90 Å². The number of amides is 2. The Bertz CT molecular complexity index is 933. The first-order chi connectivity index (χ1) is 14.6. The summed E-state index contributed by atoms with van der Waals surface area (Å²) in [6.07, 6.45) is 5.41. The minimum Gasteiger partial charge on any atom is -0.350 e. The SMILES string of the molecule is CC(NC(=O)CCN(CCc1ccccc1)C(=O)c1cnccn1)c1ccccc1. The number of carbonyl (C=O) groups excluding carboxylic acids is 2. The maximum absolute atomic E-state index is 12.9. The standard InChI is InChI=1S/C24H26N4O2/c1-19(21-10-6-3-7-11-21)27-23(29)13-17-28(16-12-20-8-4-2-5-9-20)24(30)22-18-25-14-15-26-22/h2-11,14-15,18-19H,12-13,16-17H2,1H3,(H,27,29). The molecular weight excluding hydrogens is 376 g/mol. The topological polar surface area (TPSA) is 75.2 Å². The van der Waals surface area contributed by atoms with E-state index in [1.807, 2.05) is 67.6 Å². The molecule has 0 radical (unpaired) electrons. The van der Waals surface area contributed by atoms with Crippen molar-refractivity contribution in [3.63, 3.8) is 0 Å². The molecule has 0 aliphatic carbocycles. The van der Waals surface area contributed by atoms with Crippen molar-refractivity contribution in [2.75, 3.05) is 13.1 Å². The molecule has 0 saturated heterocycles. The average Bonchev–Trinajstić information content (AvgIpc) is 2.80. The highest BCUT2D eigenvalue weighted by Gasteiger charge is 2.19. The fourth-order valence-corrected chi connectivity index (χ4v) is 3.17. The van der Waals surface area contributed by atoms with Crippen molar-refractivity contribution in [2.45, 2.75) is 25.8 Å². The second-order valence-electron chi connectivity index (χ2n) is 7.07. The van der Waals surface area contributed by atoms with Gasteiger partial charge >= 0.3 is 0 Å². The molecule has 0 saturated carbocycles. The predicted molar refractivity (Wildman–Crippen MR) is 116 cm³/mol. The highest BCUT2D eigenvalue weighted by atomic mass is 16.2. The molecular formula is C24H26N4O2. The van der Waals surface area contributed by atoms with Gasteiger partial charge in [0.15, 0.2) is 0 Å². The smallest absolute Gasteiger partial charge is 0.274 e. The molecule has 1 heterocycles. The molecule has 0 aliphatic rings. The first kappa shape index (κ1) is 21.2. The minimum absolute atomic E-state index is 0.0906. The van der Waals surface area contributed by atoms with Crippen molar-refractivity contribution in [1.29, 1.82) is 0 Å². The van der Waals surface area contributed by atoms with Crippen LogP contribution in [0.15, 0.2) is 79.3 Å². The third kappa shape index (κ3) is 6.24. The molecule has 1 aromatic heterocycles. The van der Waals surface area contributed by atoms with Crippen LogP contribution in [0.25, 0.3) is 0 Å². The highest BCUT2D eigenvalue weighted by Crippen LogP contribution is 2.12. The first-order valence-corrected chi connectivity index (χ1v) is 10.1. The Kier molecular flexibility index (Phi) is 7.66. The lowest BCUT2D eigenvalue weighted by Crippen LogP contribution is -2.37. The van der Waals surface area contributed by atoms with Gasteiger partial charge in [0.25, 0.3) is 5.91 Å². The molecule has 0 fully saturated rings. The van der Waals surface area contributed by atoms with E-state index in [9.17, 15) is 9.59 Å². The van der Waals surface area contributed by atoms with Gasteiger partial charge in [-0.05, 0) is 24.5 Å². The van der Waals surface area contributed by atoms with Crippen molar-refractivity contribution >= 4 is 11.8 Å². The van der Waals surface area contributed by atoms with Crippen LogP contribution in [-0.4, -0.2) is 39.8 Å². The van der Waals surface area contributed by atoms with Gasteiger partial charge in [-0.15, -0.1) is 0 Å². The van der Waals surface area contributed by atoms with E-state index in [2.05, 4.69) is 15.3 Å². The molecule has 0 spiro atoms. The maximum atomic E-state index is 12.9. The summed E-state index contributed by atoms with van der Waals surface area (Å²) in [5.41, 5.74) is 2.46. The second kappa shape index (κ2) is 10.9. The van der Waals surface area contributed by atoms with E-state index in [0.29, 0.717) is 19.5 Å². The van der Waals surface area contributed by atoms with Crippen LogP contribution < -0.4 is 5.32 Å². The second-order valence-corrected chi connectivity index (χ2v) is 7.07. The molecule has 1 unspecified atom stereocenters. The Labute approximate surface area is 177 Å². The molecule has 2 aromatic carbocycles. The largest absolute Gasteiger partial charge is 0.350 e. The number of benzene rings is 2. The normalized spacial score (nSPS) is 11.5. The zero-order chi connectivity index (χ0) is 21.2. The van der Waals surface area contributed by atoms with Crippen LogP contribution in [0.3, 0.4) is 0 Å². The van der Waals surface area contributed by atoms with E-state index in [1.165, 1.54) is 18.6 Å². The quantitative estimate of drug-likeness (QED) is 0.595. The van der Waals surface area contributed by atoms with Gasteiger partial charge in [0, 0.05) is 31.9 Å². The van der Waals surface area contributed by atoms with Crippen molar-refractivity contribution < 1.29 is 9.59 Å². The predicted octanol–water partition coefficient (Wildman–Crippen LogP) is 3.43. The Morgan fingerprint density at radius 2 is 1.67 bits per heavy atom. The lowest BCUT2D eigenvalue weighted by Gasteiger charge is -2.23. The van der Waals surface area contributed by atoms with Crippen molar-refractivity contribution in [1.82, 2.24) is 20.2 Å². The molecule has 6 nitrogen and oxygen atoms in total. The molecule has 30 heavy (non-hydrogen) atoms. The average molecular weight is 402 g/mol. The van der Waals surface area contributed by atoms with Crippen LogP contribution in [0.4, 0.5) is 0 Å². The highest BCUT2D eigenvalue weighted by molar-refractivity contribution is 5.92. The summed E-state index contributed by atoms with van der Waals surface area (Å²) in [6.45, 7) is 2.77. The summed E-state index contributed by atoms with van der Waals surface area (Å²) in [5, 5.41) is 3.00. The number of aromatic nitrogens is 2. The van der Waals surface area contributed by atoms with E-state index in [0.717, 1.165) is 11.1 Å². The summed E-state index contributed by atoms with van der Waals surface area (Å²) in [6, 6.07) is 19.7. The summed E-state index contributed by atoms with van der Waals surface area (Å²) < 4.78 is 0. The van der Waals surface area contributed by atoms with E-state index in [-0.39, 0.29) is 30.0 Å². The zero-order valence-corrected chi connectivity index (χ0v) is 17.1. The number of hydrogen-bond acceptors (Lipinski definition) is 4. The Balaban J connectivity index is 1.61. The van der Waals surface area contributed by atoms with Gasteiger partial charge in [-0.1, -0.05) is 60.7 Å². The van der Waals surface area contributed by atoms with Crippen molar-refractivity contribution in [3.05, 3.63) is 96.1 Å². The first-order valence-electron chi connectivity index (χ1n) is 10.1. The summed E-state index contributed by atoms with van der Waals surface area (Å²) >= 11 is 0. The number of carbonyl (C=O) groups is 2. The summed E-state index contributed by atoms with van der Waals surface area (Å²) in [4.78, 5) is 35.2. The molecule has 1 atom stereocenters. The van der Waals surface area contributed by atoms with Crippen LogP contribution in [0.1, 0.15) is 41.0 Å². The van der Waals surface area contributed by atoms with Gasteiger partial charge in [-0.25, -0.2) is 4.98 Å². The molecule has 3 rings (SSSR count). The molecule has 0 aliphatic heterocycles. The zero-order valence-electron chi connectivity index (χ0n) is 17.1. The Morgan fingerprint density at radius 1 is 0.967 bits per heavy atom. The third-order valence-electron chi connectivity index (χ3n) is 4.87. The van der Waals surface area contributed by atoms with Crippen molar-refractivity contribution in [3.8, 4) is 0 Å². The summed E-state index contributed by atoms with van der Waals surface area (Å²) in [7, 11) is 0. The number of nitrogens with zero attached hydrogens (tertiary/aromatic N) is 3. The third-order valence-corrected chi connectivity index (χ3v) is 4.87. The van der Waals surface area contributed by atoms with Crippen LogP contribution in [0.2, 0.25) is 0 Å². The van der Waals surface area contributed by atoms with E-state index >= 15 is 0 Å². The Morgan fingerprint density at radius 3 is 2.33 bits per heavy atom. The van der Waals surface area contributed by atoms with Gasteiger partial charge in [-0.2, -0.15) is 0 Å². The lowest BCUT2D eigenvalue weighted by molar-refractivity contribution is -0.121. The summed E-state index contributed by atoms with van der Waals surface area (Å²) in [5.74, 6) is -0.314. The minimum atomic E-state index is -0.220. The van der Waals surface area contributed by atoms with Crippen LogP contribution in [-0.2, 0) is 11.2 Å². The van der Waals surface area contributed by atoms with Crippen molar-refractivity contribution in [2.24, 2.45) is 0 Å². The number of rotatable bonds is 9. The van der Waals surface area contributed by atoms with Gasteiger partial charge < -0.3 is 10.2 Å². The molecule has 3 aromatic rings. The fourth-order valence-electron chi connectivity index (χ4n) is 3.17.